The molecule has 0 aliphatic rings. The first-order valence-corrected chi connectivity index (χ1v) is 6.92. The van der Waals surface area contributed by atoms with E-state index in [1.165, 1.54) is 22.3 Å². The molecule has 0 aliphatic heterocycles. The predicted molar refractivity (Wildman–Crippen MR) is 84.2 cm³/mol. The van der Waals surface area contributed by atoms with Gasteiger partial charge >= 0.3 is 0 Å². The molecule has 0 saturated carbocycles. The minimum absolute atomic E-state index is 0.807. The van der Waals surface area contributed by atoms with E-state index in [1.807, 2.05) is 19.1 Å². The second-order valence-corrected chi connectivity index (χ2v) is 5.54. The third kappa shape index (κ3) is 3.10. The van der Waals surface area contributed by atoms with Gasteiger partial charge in [0, 0.05) is 17.3 Å². The molecule has 0 aliphatic carbocycles. The van der Waals surface area contributed by atoms with Gasteiger partial charge in [-0.05, 0) is 67.6 Å². The monoisotopic (exact) mass is 273 g/mol. The zero-order valence-corrected chi connectivity index (χ0v) is 12.7. The van der Waals surface area contributed by atoms with Crippen LogP contribution in [0.4, 0.5) is 5.69 Å². The Morgan fingerprint density at radius 3 is 2.37 bits per heavy atom. The molecule has 0 amide bonds. The molecule has 0 fully saturated rings. The predicted octanol–water partition coefficient (Wildman–Crippen LogP) is 5.19. The van der Waals surface area contributed by atoms with Crippen molar-refractivity contribution in [3.05, 3.63) is 63.2 Å². The van der Waals surface area contributed by atoms with Crippen LogP contribution < -0.4 is 5.32 Å². The van der Waals surface area contributed by atoms with E-state index >= 15 is 0 Å². The van der Waals surface area contributed by atoms with Gasteiger partial charge in [-0.25, -0.2) is 0 Å². The molecule has 100 valence electrons. The lowest BCUT2D eigenvalue weighted by molar-refractivity contribution is 1.09. The second kappa shape index (κ2) is 5.66. The maximum atomic E-state index is 6.13. The molecule has 0 atom stereocenters. The van der Waals surface area contributed by atoms with Crippen LogP contribution in [0.2, 0.25) is 5.02 Å². The summed E-state index contributed by atoms with van der Waals surface area (Å²) in [6.07, 6.45) is 0. The number of hydrogen-bond donors (Lipinski definition) is 1. The van der Waals surface area contributed by atoms with Crippen LogP contribution in [0, 0.1) is 27.7 Å². The minimum atomic E-state index is 0.807. The van der Waals surface area contributed by atoms with Gasteiger partial charge in [0.05, 0.1) is 0 Å². The highest BCUT2D eigenvalue weighted by atomic mass is 35.5. The summed E-state index contributed by atoms with van der Waals surface area (Å²) < 4.78 is 0. The normalized spacial score (nSPS) is 10.6. The molecule has 2 aromatic carbocycles. The lowest BCUT2D eigenvalue weighted by atomic mass is 10.0. The van der Waals surface area contributed by atoms with Crippen molar-refractivity contribution in [2.24, 2.45) is 0 Å². The quantitative estimate of drug-likeness (QED) is 0.812. The third-order valence-electron chi connectivity index (χ3n) is 3.69. The van der Waals surface area contributed by atoms with Gasteiger partial charge in [-0.3, -0.25) is 0 Å². The van der Waals surface area contributed by atoms with Gasteiger partial charge in [0.25, 0.3) is 0 Å². The molecule has 19 heavy (non-hydrogen) atoms. The smallest absolute Gasteiger partial charge is 0.0455 e. The van der Waals surface area contributed by atoms with E-state index in [2.05, 4.69) is 44.3 Å². The molecule has 1 N–H and O–H groups in total. The summed E-state index contributed by atoms with van der Waals surface area (Å²) >= 11 is 6.13. The van der Waals surface area contributed by atoms with Gasteiger partial charge in [-0.1, -0.05) is 29.8 Å². The maximum absolute atomic E-state index is 6.13. The van der Waals surface area contributed by atoms with Crippen LogP contribution in [0.25, 0.3) is 0 Å². The van der Waals surface area contributed by atoms with Crippen LogP contribution in [0.15, 0.2) is 30.3 Å². The number of nitrogens with one attached hydrogen (secondary N) is 1. The first-order valence-electron chi connectivity index (χ1n) is 6.54. The first kappa shape index (κ1) is 14.0. The van der Waals surface area contributed by atoms with Crippen LogP contribution in [0.3, 0.4) is 0 Å². The van der Waals surface area contributed by atoms with E-state index in [1.54, 1.807) is 0 Å². The Labute approximate surface area is 120 Å². The molecule has 2 heteroatoms. The molecule has 0 unspecified atom stereocenters. The Balaban J connectivity index is 2.19. The fraction of sp³-hybridized carbons (Fsp3) is 0.294. The highest BCUT2D eigenvalue weighted by Crippen LogP contribution is 2.24. The van der Waals surface area contributed by atoms with Gasteiger partial charge < -0.3 is 5.32 Å². The summed E-state index contributed by atoms with van der Waals surface area (Å²) in [5, 5.41) is 4.28. The van der Waals surface area contributed by atoms with E-state index in [0.29, 0.717) is 0 Å². The lowest BCUT2D eigenvalue weighted by Gasteiger charge is -2.14. The van der Waals surface area contributed by atoms with Crippen molar-refractivity contribution in [2.75, 3.05) is 5.32 Å². The third-order valence-corrected chi connectivity index (χ3v) is 4.10. The number of benzene rings is 2. The molecule has 0 bridgehead atoms. The standard InChI is InChI=1S/C17H20ClN/c1-11-8-13(3)15(9-12(11)2)10-19-17-7-5-6-16(18)14(17)4/h5-9,19H,10H2,1-4H3. The van der Waals surface area contributed by atoms with Crippen molar-refractivity contribution >= 4 is 17.3 Å². The summed E-state index contributed by atoms with van der Waals surface area (Å²) in [5.74, 6) is 0. The Bertz CT molecular complexity index is 602. The van der Waals surface area contributed by atoms with E-state index in [4.69, 9.17) is 11.6 Å². The highest BCUT2D eigenvalue weighted by molar-refractivity contribution is 6.31. The number of aryl methyl sites for hydroxylation is 3. The van der Waals surface area contributed by atoms with Crippen molar-refractivity contribution in [3.8, 4) is 0 Å². The molecular formula is C17H20ClN. The molecule has 2 aromatic rings. The molecule has 0 heterocycles. The van der Waals surface area contributed by atoms with Crippen LogP contribution in [0.5, 0.6) is 0 Å². The van der Waals surface area contributed by atoms with Crippen LogP contribution in [0.1, 0.15) is 27.8 Å². The largest absolute Gasteiger partial charge is 0.381 e. The van der Waals surface area contributed by atoms with E-state index in [0.717, 1.165) is 22.8 Å². The van der Waals surface area contributed by atoms with E-state index in [-0.39, 0.29) is 0 Å². The Hall–Kier alpha value is -1.47. The average molecular weight is 274 g/mol. The van der Waals surface area contributed by atoms with Gasteiger partial charge in [0.15, 0.2) is 0 Å². The van der Waals surface area contributed by atoms with Crippen LogP contribution in [-0.4, -0.2) is 0 Å². The van der Waals surface area contributed by atoms with E-state index in [9.17, 15) is 0 Å². The fourth-order valence-corrected chi connectivity index (χ4v) is 2.37. The lowest BCUT2D eigenvalue weighted by Crippen LogP contribution is -2.04. The highest BCUT2D eigenvalue weighted by Gasteiger charge is 2.04. The Morgan fingerprint density at radius 2 is 1.63 bits per heavy atom. The van der Waals surface area contributed by atoms with Crippen molar-refractivity contribution in [1.29, 1.82) is 0 Å². The molecule has 0 radical (unpaired) electrons. The Morgan fingerprint density at radius 1 is 0.947 bits per heavy atom. The fourth-order valence-electron chi connectivity index (χ4n) is 2.20. The van der Waals surface area contributed by atoms with Crippen molar-refractivity contribution < 1.29 is 0 Å². The molecule has 0 saturated heterocycles. The molecule has 0 aromatic heterocycles. The van der Waals surface area contributed by atoms with Crippen molar-refractivity contribution in [2.45, 2.75) is 34.2 Å². The van der Waals surface area contributed by atoms with Crippen LogP contribution in [-0.2, 0) is 6.54 Å². The topological polar surface area (TPSA) is 12.0 Å². The summed E-state index contributed by atoms with van der Waals surface area (Å²) in [6, 6.07) is 10.5. The maximum Gasteiger partial charge on any atom is 0.0455 e. The number of hydrogen-bond acceptors (Lipinski definition) is 1. The van der Waals surface area contributed by atoms with E-state index < -0.39 is 0 Å². The second-order valence-electron chi connectivity index (χ2n) is 5.13. The SMILES string of the molecule is Cc1cc(C)c(CNc2cccc(Cl)c2C)cc1C. The van der Waals surface area contributed by atoms with Crippen molar-refractivity contribution in [3.63, 3.8) is 0 Å². The molecule has 0 spiro atoms. The zero-order valence-electron chi connectivity index (χ0n) is 12.0. The van der Waals surface area contributed by atoms with Gasteiger partial charge in [0.1, 0.15) is 0 Å². The van der Waals surface area contributed by atoms with Gasteiger partial charge in [-0.15, -0.1) is 0 Å². The summed E-state index contributed by atoms with van der Waals surface area (Å²) in [4.78, 5) is 0. The Kier molecular flexibility index (Phi) is 4.16. The van der Waals surface area contributed by atoms with Gasteiger partial charge in [0.2, 0.25) is 0 Å². The molecule has 1 nitrogen and oxygen atoms in total. The van der Waals surface area contributed by atoms with Crippen molar-refractivity contribution in [1.82, 2.24) is 0 Å². The summed E-state index contributed by atoms with van der Waals surface area (Å²) in [6.45, 7) is 9.34. The first-order chi connectivity index (χ1) is 8.99. The summed E-state index contributed by atoms with van der Waals surface area (Å²) in [7, 11) is 0. The number of anilines is 1. The minimum Gasteiger partial charge on any atom is -0.381 e. The molecular weight excluding hydrogens is 254 g/mol. The number of halogens is 1. The summed E-state index contributed by atoms with van der Waals surface area (Å²) in [5.41, 5.74) is 7.55. The van der Waals surface area contributed by atoms with Crippen LogP contribution >= 0.6 is 11.6 Å². The molecule has 2 rings (SSSR count). The number of rotatable bonds is 3. The average Bonchev–Trinajstić information content (AvgIpc) is 2.37. The van der Waals surface area contributed by atoms with Gasteiger partial charge in [-0.2, -0.15) is 0 Å². The zero-order chi connectivity index (χ0) is 14.0.